The molecule has 0 heterocycles. The molecule has 0 saturated heterocycles. The number of carboxylic acid groups (broad SMARTS) is 1. The molecule has 0 radical (unpaired) electrons. The molecule has 19 heavy (non-hydrogen) atoms. The molecule has 0 amide bonds. The van der Waals surface area contributed by atoms with Crippen molar-refractivity contribution >= 4 is 11.7 Å². The van der Waals surface area contributed by atoms with E-state index in [1.807, 2.05) is 0 Å². The molecular weight excluding hydrogens is 257 g/mol. The highest BCUT2D eigenvalue weighted by molar-refractivity contribution is 5.66. The zero-order chi connectivity index (χ0) is 14.3. The Bertz CT molecular complexity index is 463. The Morgan fingerprint density at radius 3 is 2.68 bits per heavy atom. The molecule has 0 unspecified atom stereocenters. The second-order valence-corrected chi connectivity index (χ2v) is 3.92. The minimum Gasteiger partial charge on any atom is -0.493 e. The zero-order valence-corrected chi connectivity index (χ0v) is 10.2. The number of rotatable bonds is 8. The van der Waals surface area contributed by atoms with Crippen molar-refractivity contribution in [1.82, 2.24) is 0 Å². The molecule has 0 bridgehead atoms. The van der Waals surface area contributed by atoms with Crippen LogP contribution in [0, 0.1) is 15.9 Å². The average Bonchev–Trinajstić information content (AvgIpc) is 2.32. The fraction of sp³-hybridized carbons (Fsp3) is 0.417. The molecule has 0 spiro atoms. The zero-order valence-electron chi connectivity index (χ0n) is 10.2. The van der Waals surface area contributed by atoms with Gasteiger partial charge in [0, 0.05) is 18.6 Å². The van der Waals surface area contributed by atoms with Crippen molar-refractivity contribution in [2.24, 2.45) is 0 Å². The third kappa shape index (κ3) is 5.33. The summed E-state index contributed by atoms with van der Waals surface area (Å²) >= 11 is 0. The number of benzene rings is 1. The first-order valence-corrected chi connectivity index (χ1v) is 5.79. The van der Waals surface area contributed by atoms with E-state index in [1.165, 1.54) is 6.07 Å². The van der Waals surface area contributed by atoms with E-state index >= 15 is 0 Å². The molecular formula is C12H14FNO5. The first-order valence-electron chi connectivity index (χ1n) is 5.79. The van der Waals surface area contributed by atoms with Crippen LogP contribution in [0.2, 0.25) is 0 Å². The minimum atomic E-state index is -0.937. The van der Waals surface area contributed by atoms with Crippen LogP contribution in [-0.2, 0) is 4.79 Å². The van der Waals surface area contributed by atoms with Crippen LogP contribution in [0.25, 0.3) is 0 Å². The van der Waals surface area contributed by atoms with Gasteiger partial charge < -0.3 is 9.84 Å². The van der Waals surface area contributed by atoms with Crippen LogP contribution < -0.4 is 4.74 Å². The number of nitro benzene ring substituents is 1. The van der Waals surface area contributed by atoms with E-state index in [0.29, 0.717) is 25.9 Å². The van der Waals surface area contributed by atoms with Gasteiger partial charge in [-0.2, -0.15) is 4.39 Å². The molecule has 0 aromatic heterocycles. The van der Waals surface area contributed by atoms with E-state index in [2.05, 4.69) is 0 Å². The number of halogens is 1. The number of aliphatic carboxylic acids is 1. The maximum Gasteiger partial charge on any atom is 0.305 e. The largest absolute Gasteiger partial charge is 0.493 e. The molecule has 0 aliphatic rings. The molecule has 1 aromatic carbocycles. The second-order valence-electron chi connectivity index (χ2n) is 3.92. The Hall–Kier alpha value is -2.18. The minimum absolute atomic E-state index is 0.117. The van der Waals surface area contributed by atoms with Gasteiger partial charge >= 0.3 is 11.7 Å². The second kappa shape index (κ2) is 7.30. The van der Waals surface area contributed by atoms with Crippen LogP contribution in [0.5, 0.6) is 5.75 Å². The third-order valence-electron chi connectivity index (χ3n) is 2.42. The Morgan fingerprint density at radius 1 is 1.37 bits per heavy atom. The normalized spacial score (nSPS) is 10.2. The summed E-state index contributed by atoms with van der Waals surface area (Å²) in [4.78, 5) is 19.8. The van der Waals surface area contributed by atoms with Crippen molar-refractivity contribution in [3.05, 3.63) is 34.1 Å². The number of ether oxygens (including phenoxy) is 1. The van der Waals surface area contributed by atoms with Crippen LogP contribution in [0.4, 0.5) is 10.1 Å². The lowest BCUT2D eigenvalue weighted by atomic mass is 10.2. The molecule has 7 heteroatoms. The van der Waals surface area contributed by atoms with Gasteiger partial charge in [0.1, 0.15) is 5.75 Å². The average molecular weight is 271 g/mol. The van der Waals surface area contributed by atoms with Crippen molar-refractivity contribution in [3.63, 3.8) is 0 Å². The maximum absolute atomic E-state index is 13.2. The van der Waals surface area contributed by atoms with Gasteiger partial charge in [-0.15, -0.1) is 0 Å². The number of hydrogen-bond acceptors (Lipinski definition) is 4. The summed E-state index contributed by atoms with van der Waals surface area (Å²) in [5.74, 6) is -1.55. The van der Waals surface area contributed by atoms with Crippen LogP contribution in [0.15, 0.2) is 18.2 Å². The van der Waals surface area contributed by atoms with E-state index < -0.39 is 22.4 Å². The fourth-order valence-electron chi connectivity index (χ4n) is 1.47. The van der Waals surface area contributed by atoms with Gasteiger partial charge in [-0.25, -0.2) is 0 Å². The van der Waals surface area contributed by atoms with Crippen LogP contribution in [-0.4, -0.2) is 22.6 Å². The van der Waals surface area contributed by atoms with E-state index in [-0.39, 0.29) is 12.2 Å². The molecule has 1 N–H and O–H groups in total. The highest BCUT2D eigenvalue weighted by atomic mass is 19.1. The smallest absolute Gasteiger partial charge is 0.305 e. The quantitative estimate of drug-likeness (QED) is 0.446. The van der Waals surface area contributed by atoms with Gasteiger partial charge in [0.2, 0.25) is 5.82 Å². The van der Waals surface area contributed by atoms with Crippen molar-refractivity contribution in [2.45, 2.75) is 25.7 Å². The molecule has 0 saturated carbocycles. The Balaban J connectivity index is 2.32. The van der Waals surface area contributed by atoms with Crippen molar-refractivity contribution in [2.75, 3.05) is 6.61 Å². The number of nitrogens with zero attached hydrogens (tertiary/aromatic N) is 1. The highest BCUT2D eigenvalue weighted by Gasteiger charge is 2.13. The van der Waals surface area contributed by atoms with E-state index in [4.69, 9.17) is 9.84 Å². The summed E-state index contributed by atoms with van der Waals surface area (Å²) < 4.78 is 18.5. The van der Waals surface area contributed by atoms with Gasteiger partial charge in [-0.3, -0.25) is 14.9 Å². The van der Waals surface area contributed by atoms with Gasteiger partial charge in [-0.1, -0.05) is 0 Å². The number of hydrogen-bond donors (Lipinski definition) is 1. The first-order chi connectivity index (χ1) is 9.00. The van der Waals surface area contributed by atoms with E-state index in [1.54, 1.807) is 0 Å². The van der Waals surface area contributed by atoms with E-state index in [9.17, 15) is 19.3 Å². The van der Waals surface area contributed by atoms with Crippen molar-refractivity contribution in [3.8, 4) is 5.75 Å². The standard InChI is InChI=1S/C12H14FNO5/c13-10-8-9(5-6-11(10)14(17)18)19-7-3-1-2-4-12(15)16/h5-6,8H,1-4,7H2,(H,15,16). The lowest BCUT2D eigenvalue weighted by Crippen LogP contribution is -2.00. The van der Waals surface area contributed by atoms with Crippen molar-refractivity contribution < 1.29 is 24.0 Å². The molecule has 1 aromatic rings. The summed E-state index contributed by atoms with van der Waals surface area (Å²) in [6.45, 7) is 0.316. The number of unbranched alkanes of at least 4 members (excludes halogenated alkanes) is 2. The predicted molar refractivity (Wildman–Crippen MR) is 64.7 cm³/mol. The molecule has 0 atom stereocenters. The lowest BCUT2D eigenvalue weighted by molar-refractivity contribution is -0.387. The Kier molecular flexibility index (Phi) is 5.72. The van der Waals surface area contributed by atoms with Gasteiger partial charge in [-0.05, 0) is 25.3 Å². The predicted octanol–water partition coefficient (Wildman–Crippen LogP) is 2.76. The summed E-state index contributed by atoms with van der Waals surface area (Å²) in [5, 5.41) is 18.8. The van der Waals surface area contributed by atoms with Crippen LogP contribution in [0.3, 0.4) is 0 Å². The molecule has 0 aliphatic carbocycles. The third-order valence-corrected chi connectivity index (χ3v) is 2.42. The molecule has 104 valence electrons. The molecule has 0 aliphatic heterocycles. The number of carbonyl (C=O) groups is 1. The fourth-order valence-corrected chi connectivity index (χ4v) is 1.47. The Labute approximate surface area is 109 Å². The first kappa shape index (κ1) is 14.9. The summed E-state index contributed by atoms with van der Waals surface area (Å²) in [6, 6.07) is 3.35. The summed E-state index contributed by atoms with van der Waals surface area (Å²) in [6.07, 6.45) is 2.02. The lowest BCUT2D eigenvalue weighted by Gasteiger charge is -2.05. The number of nitro groups is 1. The molecule has 6 nitrogen and oxygen atoms in total. The summed E-state index contributed by atoms with van der Waals surface area (Å²) in [5.41, 5.74) is -0.589. The monoisotopic (exact) mass is 271 g/mol. The van der Waals surface area contributed by atoms with E-state index in [0.717, 1.165) is 12.1 Å². The maximum atomic E-state index is 13.2. The van der Waals surface area contributed by atoms with Gasteiger partial charge in [0.25, 0.3) is 0 Å². The highest BCUT2D eigenvalue weighted by Crippen LogP contribution is 2.22. The van der Waals surface area contributed by atoms with Crippen LogP contribution >= 0.6 is 0 Å². The summed E-state index contributed by atoms with van der Waals surface area (Å²) in [7, 11) is 0. The molecule has 0 fully saturated rings. The number of carboxylic acids is 1. The van der Waals surface area contributed by atoms with Gasteiger partial charge in [0.05, 0.1) is 11.5 Å². The molecule has 1 rings (SSSR count). The SMILES string of the molecule is O=C(O)CCCCCOc1ccc([N+](=O)[O-])c(F)c1. The van der Waals surface area contributed by atoms with Crippen molar-refractivity contribution in [1.29, 1.82) is 0 Å². The Morgan fingerprint density at radius 2 is 2.11 bits per heavy atom. The van der Waals surface area contributed by atoms with Crippen LogP contribution in [0.1, 0.15) is 25.7 Å². The topological polar surface area (TPSA) is 89.7 Å². The van der Waals surface area contributed by atoms with Gasteiger partial charge in [0.15, 0.2) is 0 Å².